The lowest BCUT2D eigenvalue weighted by molar-refractivity contribution is -0.126. The number of anilines is 1. The Morgan fingerprint density at radius 1 is 1.11 bits per heavy atom. The first kappa shape index (κ1) is 21.4. The number of nitrogens with zero attached hydrogens (tertiary/aromatic N) is 1. The maximum Gasteiger partial charge on any atom is 0.268 e. The van der Waals surface area contributed by atoms with Gasteiger partial charge in [-0.25, -0.2) is 0 Å². The Labute approximate surface area is 169 Å². The summed E-state index contributed by atoms with van der Waals surface area (Å²) in [6.45, 7) is 3.52. The van der Waals surface area contributed by atoms with E-state index in [9.17, 15) is 4.79 Å². The van der Waals surface area contributed by atoms with Crippen molar-refractivity contribution in [2.24, 2.45) is 5.16 Å². The fraction of sp³-hybridized carbons (Fsp3) is 0.300. The predicted molar refractivity (Wildman–Crippen MR) is 109 cm³/mol. The van der Waals surface area contributed by atoms with Crippen molar-refractivity contribution in [2.45, 2.75) is 20.0 Å². The number of amides is 1. The smallest absolute Gasteiger partial charge is 0.268 e. The number of rotatable bonds is 8. The van der Waals surface area contributed by atoms with Crippen LogP contribution < -0.4 is 19.5 Å². The Hall–Kier alpha value is -2.93. The predicted octanol–water partition coefficient (Wildman–Crippen LogP) is 4.05. The summed E-state index contributed by atoms with van der Waals surface area (Å²) in [6, 6.07) is 8.85. The number of benzene rings is 2. The molecule has 0 bridgehead atoms. The Morgan fingerprint density at radius 3 is 2.46 bits per heavy atom. The second-order valence-electron chi connectivity index (χ2n) is 5.91. The number of methoxy groups -OCH3 is 3. The second-order valence-corrected chi connectivity index (χ2v) is 6.32. The van der Waals surface area contributed by atoms with E-state index in [1.54, 1.807) is 32.2 Å². The Bertz CT molecular complexity index is 870. The summed E-state index contributed by atoms with van der Waals surface area (Å²) in [5, 5.41) is 7.01. The quantitative estimate of drug-likeness (QED) is 0.528. The zero-order valence-electron chi connectivity index (χ0n) is 16.4. The molecule has 2 aromatic carbocycles. The van der Waals surface area contributed by atoms with Crippen LogP contribution >= 0.6 is 11.6 Å². The van der Waals surface area contributed by atoms with Gasteiger partial charge in [0.1, 0.15) is 5.75 Å². The minimum atomic E-state index is -0.822. The van der Waals surface area contributed by atoms with Gasteiger partial charge in [-0.2, -0.15) is 0 Å². The Balaban J connectivity index is 2.03. The lowest BCUT2D eigenvalue weighted by atomic mass is 10.2. The summed E-state index contributed by atoms with van der Waals surface area (Å²) in [4.78, 5) is 17.6. The molecule has 0 spiro atoms. The van der Waals surface area contributed by atoms with Crippen LogP contribution in [0, 0.1) is 6.92 Å². The normalized spacial score (nSPS) is 11.8. The van der Waals surface area contributed by atoms with E-state index in [2.05, 4.69) is 10.5 Å². The topological polar surface area (TPSA) is 78.4 Å². The molecule has 0 saturated carbocycles. The molecule has 0 saturated heterocycles. The number of hydrogen-bond acceptors (Lipinski definition) is 6. The van der Waals surface area contributed by atoms with Crippen LogP contribution in [0.15, 0.2) is 35.5 Å². The number of halogens is 1. The highest BCUT2D eigenvalue weighted by atomic mass is 35.5. The number of carbonyl (C=O) groups is 1. The highest BCUT2D eigenvalue weighted by molar-refractivity contribution is 6.32. The fourth-order valence-corrected chi connectivity index (χ4v) is 2.69. The third kappa shape index (κ3) is 5.29. The van der Waals surface area contributed by atoms with E-state index in [4.69, 9.17) is 30.6 Å². The van der Waals surface area contributed by atoms with Crippen LogP contribution in [0.1, 0.15) is 18.1 Å². The SMILES string of the molecule is COc1ccc(C)cc1NC(=O)C(C)O/N=C/c1cc(Cl)c(OC)c(OC)c1. The molecule has 1 unspecified atom stereocenters. The summed E-state index contributed by atoms with van der Waals surface area (Å²) in [5.74, 6) is 1.11. The minimum Gasteiger partial charge on any atom is -0.495 e. The molecule has 1 amide bonds. The van der Waals surface area contributed by atoms with Crippen molar-refractivity contribution in [3.63, 3.8) is 0 Å². The summed E-state index contributed by atoms with van der Waals surface area (Å²) < 4.78 is 15.7. The second kappa shape index (κ2) is 9.85. The first-order chi connectivity index (χ1) is 13.4. The third-order valence-corrected chi connectivity index (χ3v) is 4.14. The molecule has 0 radical (unpaired) electrons. The van der Waals surface area contributed by atoms with Gasteiger partial charge in [0.2, 0.25) is 6.10 Å². The largest absolute Gasteiger partial charge is 0.495 e. The van der Waals surface area contributed by atoms with Crippen LogP contribution in [0.25, 0.3) is 0 Å². The van der Waals surface area contributed by atoms with E-state index < -0.39 is 6.10 Å². The number of ether oxygens (including phenoxy) is 3. The molecule has 1 N–H and O–H groups in total. The Morgan fingerprint density at radius 2 is 1.82 bits per heavy atom. The molecule has 150 valence electrons. The van der Waals surface area contributed by atoms with Crippen molar-refractivity contribution in [1.82, 2.24) is 0 Å². The van der Waals surface area contributed by atoms with Crippen molar-refractivity contribution in [3.8, 4) is 17.2 Å². The van der Waals surface area contributed by atoms with Crippen LogP contribution in [0.2, 0.25) is 5.02 Å². The number of aryl methyl sites for hydroxylation is 1. The van der Waals surface area contributed by atoms with Gasteiger partial charge >= 0.3 is 0 Å². The molecule has 0 heterocycles. The monoisotopic (exact) mass is 406 g/mol. The van der Waals surface area contributed by atoms with Crippen LogP contribution in [0.4, 0.5) is 5.69 Å². The molecule has 2 rings (SSSR count). The van der Waals surface area contributed by atoms with Crippen LogP contribution in [0.3, 0.4) is 0 Å². The molecule has 0 aliphatic rings. The number of carbonyl (C=O) groups excluding carboxylic acids is 1. The lowest BCUT2D eigenvalue weighted by Crippen LogP contribution is -2.26. The number of nitrogens with one attached hydrogen (secondary N) is 1. The number of hydrogen-bond donors (Lipinski definition) is 1. The molecular formula is C20H23ClN2O5. The minimum absolute atomic E-state index is 0.355. The molecule has 28 heavy (non-hydrogen) atoms. The van der Waals surface area contributed by atoms with Gasteiger partial charge in [0.25, 0.3) is 5.91 Å². The van der Waals surface area contributed by atoms with Gasteiger partial charge in [-0.1, -0.05) is 22.8 Å². The Kier molecular flexibility index (Phi) is 7.52. The molecule has 0 aliphatic heterocycles. The first-order valence-electron chi connectivity index (χ1n) is 8.45. The van der Waals surface area contributed by atoms with E-state index in [1.807, 2.05) is 19.1 Å². The molecule has 2 aromatic rings. The molecule has 1 atom stereocenters. The highest BCUT2D eigenvalue weighted by Crippen LogP contribution is 2.35. The maximum absolute atomic E-state index is 12.3. The maximum atomic E-state index is 12.3. The summed E-state index contributed by atoms with van der Waals surface area (Å²) in [7, 11) is 4.56. The van der Waals surface area contributed by atoms with Gasteiger partial charge < -0.3 is 24.4 Å². The zero-order chi connectivity index (χ0) is 20.7. The van der Waals surface area contributed by atoms with Crippen molar-refractivity contribution < 1.29 is 23.8 Å². The number of oxime groups is 1. The van der Waals surface area contributed by atoms with Crippen LogP contribution in [-0.4, -0.2) is 39.6 Å². The van der Waals surface area contributed by atoms with Crippen molar-refractivity contribution in [2.75, 3.05) is 26.6 Å². The lowest BCUT2D eigenvalue weighted by Gasteiger charge is -2.14. The van der Waals surface area contributed by atoms with E-state index >= 15 is 0 Å². The fourth-order valence-electron chi connectivity index (χ4n) is 2.40. The van der Waals surface area contributed by atoms with Gasteiger partial charge in [-0.3, -0.25) is 4.79 Å². The van der Waals surface area contributed by atoms with Gasteiger partial charge in [0.15, 0.2) is 11.5 Å². The van der Waals surface area contributed by atoms with Gasteiger partial charge in [-0.15, -0.1) is 0 Å². The van der Waals surface area contributed by atoms with Gasteiger partial charge in [-0.05, 0) is 43.7 Å². The van der Waals surface area contributed by atoms with Crippen molar-refractivity contribution >= 4 is 29.4 Å². The average Bonchev–Trinajstić information content (AvgIpc) is 2.67. The van der Waals surface area contributed by atoms with Gasteiger partial charge in [0.05, 0.1) is 38.3 Å². The summed E-state index contributed by atoms with van der Waals surface area (Å²) >= 11 is 6.15. The van der Waals surface area contributed by atoms with Gasteiger partial charge in [0, 0.05) is 5.56 Å². The molecular weight excluding hydrogens is 384 g/mol. The molecule has 0 fully saturated rings. The summed E-state index contributed by atoms with van der Waals surface area (Å²) in [5.41, 5.74) is 2.20. The molecule has 0 aromatic heterocycles. The average molecular weight is 407 g/mol. The first-order valence-corrected chi connectivity index (χ1v) is 8.83. The summed E-state index contributed by atoms with van der Waals surface area (Å²) in [6.07, 6.45) is 0.613. The molecule has 8 heteroatoms. The van der Waals surface area contributed by atoms with Crippen molar-refractivity contribution in [3.05, 3.63) is 46.5 Å². The standard InChI is InChI=1S/C20H23ClN2O5/c1-12-6-7-17(25-3)16(8-12)23-20(24)13(2)28-22-11-14-9-15(21)19(27-5)18(10-14)26-4/h6-11,13H,1-5H3,(H,23,24)/b22-11+. The van der Waals surface area contributed by atoms with Crippen LogP contribution in [0.5, 0.6) is 17.2 Å². The van der Waals surface area contributed by atoms with E-state index in [0.29, 0.717) is 33.5 Å². The zero-order valence-corrected chi connectivity index (χ0v) is 17.2. The van der Waals surface area contributed by atoms with E-state index in [-0.39, 0.29) is 5.91 Å². The van der Waals surface area contributed by atoms with E-state index in [0.717, 1.165) is 5.56 Å². The van der Waals surface area contributed by atoms with Crippen molar-refractivity contribution in [1.29, 1.82) is 0 Å². The third-order valence-electron chi connectivity index (χ3n) is 3.86. The molecule has 0 aliphatic carbocycles. The van der Waals surface area contributed by atoms with E-state index in [1.165, 1.54) is 20.4 Å². The highest BCUT2D eigenvalue weighted by Gasteiger charge is 2.16. The van der Waals surface area contributed by atoms with Crippen LogP contribution in [-0.2, 0) is 9.63 Å². The molecule has 7 nitrogen and oxygen atoms in total.